The lowest BCUT2D eigenvalue weighted by Crippen LogP contribution is -2.22. The maximum atomic E-state index is 12.1. The van der Waals surface area contributed by atoms with Crippen LogP contribution in [-0.4, -0.2) is 31.2 Å². The van der Waals surface area contributed by atoms with E-state index in [1.165, 1.54) is 24.3 Å². The van der Waals surface area contributed by atoms with Gasteiger partial charge in [0.15, 0.2) is 15.6 Å². The van der Waals surface area contributed by atoms with Crippen LogP contribution in [0, 0.1) is 6.92 Å². The molecular weight excluding hydrogens is 344 g/mol. The molecule has 0 heterocycles. The first kappa shape index (κ1) is 18.7. The van der Waals surface area contributed by atoms with Crippen LogP contribution in [0.3, 0.4) is 0 Å². The smallest absolute Gasteiger partial charge is 0.329 e. The molecule has 0 fully saturated rings. The highest BCUT2D eigenvalue weighted by atomic mass is 32.2. The van der Waals surface area contributed by atoms with Gasteiger partial charge in [-0.3, -0.25) is 9.59 Å². The number of phenols is 1. The molecule has 25 heavy (non-hydrogen) atoms. The molecule has 0 radical (unpaired) electrons. The molecule has 0 aliphatic rings. The highest BCUT2D eigenvalue weighted by molar-refractivity contribution is 7.92. The summed E-state index contributed by atoms with van der Waals surface area (Å²) in [5, 5.41) is 9.34. The van der Waals surface area contributed by atoms with Gasteiger partial charge in [0.1, 0.15) is 5.75 Å². The highest BCUT2D eigenvalue weighted by Gasteiger charge is 2.22. The van der Waals surface area contributed by atoms with E-state index in [-0.39, 0.29) is 23.5 Å². The summed E-state index contributed by atoms with van der Waals surface area (Å²) >= 11 is 0. The molecule has 1 N–H and O–H groups in total. The number of rotatable bonds is 6. The lowest BCUT2D eigenvalue weighted by atomic mass is 10.1. The van der Waals surface area contributed by atoms with Crippen molar-refractivity contribution < 1.29 is 27.9 Å². The normalized spacial score (nSPS) is 11.1. The summed E-state index contributed by atoms with van der Waals surface area (Å²) in [4.78, 5) is 23.4. The predicted octanol–water partition coefficient (Wildman–Crippen LogP) is 2.18. The van der Waals surface area contributed by atoms with Gasteiger partial charge in [0.2, 0.25) is 0 Å². The zero-order valence-corrected chi connectivity index (χ0v) is 14.5. The first-order valence-electron chi connectivity index (χ1n) is 7.57. The number of esters is 2. The first-order chi connectivity index (χ1) is 11.8. The Balaban J connectivity index is 1.88. The largest absolute Gasteiger partial charge is 0.508 e. The molecule has 0 spiro atoms. The Hall–Kier alpha value is -2.67. The summed E-state index contributed by atoms with van der Waals surface area (Å²) in [6.07, 6.45) is 0.172. The van der Waals surface area contributed by atoms with Gasteiger partial charge in [-0.15, -0.1) is 0 Å². The Morgan fingerprint density at radius 3 is 2.36 bits per heavy atom. The van der Waals surface area contributed by atoms with E-state index in [4.69, 9.17) is 0 Å². The molecule has 0 aliphatic heterocycles. The van der Waals surface area contributed by atoms with E-state index >= 15 is 0 Å². The fourth-order valence-corrected chi connectivity index (χ4v) is 3.24. The maximum absolute atomic E-state index is 12.1. The Morgan fingerprint density at radius 2 is 1.72 bits per heavy atom. The third-order valence-electron chi connectivity index (χ3n) is 3.44. The van der Waals surface area contributed by atoms with Crippen LogP contribution >= 0.6 is 0 Å². The number of benzene rings is 2. The lowest BCUT2D eigenvalue weighted by molar-refractivity contribution is -0.157. The Labute approximate surface area is 146 Å². The number of sulfone groups is 1. The van der Waals surface area contributed by atoms with Gasteiger partial charge < -0.3 is 9.84 Å². The topological polar surface area (TPSA) is 97.7 Å². The fourth-order valence-electron chi connectivity index (χ4n) is 2.15. The zero-order chi connectivity index (χ0) is 18.4. The van der Waals surface area contributed by atoms with Gasteiger partial charge in [0.05, 0.1) is 11.3 Å². The molecule has 0 saturated carbocycles. The van der Waals surface area contributed by atoms with Gasteiger partial charge in [-0.05, 0) is 43.2 Å². The number of ether oxygens (including phenoxy) is 1. The van der Waals surface area contributed by atoms with Gasteiger partial charge in [0.25, 0.3) is 0 Å². The van der Waals surface area contributed by atoms with Gasteiger partial charge in [-0.2, -0.15) is 0 Å². The van der Waals surface area contributed by atoms with Crippen molar-refractivity contribution in [1.82, 2.24) is 0 Å². The molecule has 0 atom stereocenters. The van der Waals surface area contributed by atoms with Crippen molar-refractivity contribution in [3.05, 3.63) is 59.7 Å². The zero-order valence-electron chi connectivity index (χ0n) is 13.6. The second kappa shape index (κ2) is 7.94. The molecule has 7 heteroatoms. The Kier molecular flexibility index (Phi) is 5.93. The van der Waals surface area contributed by atoms with Crippen LogP contribution in [0.5, 0.6) is 5.75 Å². The quantitative estimate of drug-likeness (QED) is 0.625. The van der Waals surface area contributed by atoms with Gasteiger partial charge in [-0.25, -0.2) is 8.42 Å². The number of carbonyl (C=O) groups is 2. The van der Waals surface area contributed by atoms with Crippen LogP contribution in [0.25, 0.3) is 0 Å². The van der Waals surface area contributed by atoms with Crippen LogP contribution in [-0.2, 0) is 30.6 Å². The molecule has 0 aliphatic carbocycles. The van der Waals surface area contributed by atoms with Crippen molar-refractivity contribution in [3.8, 4) is 5.75 Å². The van der Waals surface area contributed by atoms with Crippen LogP contribution < -0.4 is 0 Å². The van der Waals surface area contributed by atoms with Crippen molar-refractivity contribution in [2.24, 2.45) is 0 Å². The SMILES string of the molecule is Cc1ccc(S(=O)(=O)CC(=O)OC(=O)CCc2cccc(O)c2)cc1. The molecule has 0 amide bonds. The molecule has 6 nitrogen and oxygen atoms in total. The summed E-state index contributed by atoms with van der Waals surface area (Å²) < 4.78 is 28.8. The second-order valence-corrected chi connectivity index (χ2v) is 7.58. The molecule has 0 unspecified atom stereocenters. The van der Waals surface area contributed by atoms with E-state index in [1.54, 1.807) is 24.3 Å². The van der Waals surface area contributed by atoms with E-state index in [9.17, 15) is 23.1 Å². The third kappa shape index (κ3) is 5.72. The van der Waals surface area contributed by atoms with E-state index in [1.807, 2.05) is 6.92 Å². The highest BCUT2D eigenvalue weighted by Crippen LogP contribution is 2.14. The fraction of sp³-hybridized carbons (Fsp3) is 0.222. The van der Waals surface area contributed by atoms with E-state index in [0.717, 1.165) is 5.56 Å². The molecule has 2 rings (SSSR count). The average Bonchev–Trinajstić information content (AvgIpc) is 2.53. The number of aromatic hydroxyl groups is 1. The van der Waals surface area contributed by atoms with Crippen molar-refractivity contribution in [2.75, 3.05) is 5.75 Å². The summed E-state index contributed by atoms with van der Waals surface area (Å²) in [6.45, 7) is 1.82. The summed E-state index contributed by atoms with van der Waals surface area (Å²) in [5.41, 5.74) is 1.60. The van der Waals surface area contributed by atoms with E-state index < -0.39 is 27.5 Å². The molecule has 2 aromatic carbocycles. The third-order valence-corrected chi connectivity index (χ3v) is 5.05. The van der Waals surface area contributed by atoms with Crippen LogP contribution in [0.4, 0.5) is 0 Å². The molecule has 132 valence electrons. The van der Waals surface area contributed by atoms with Gasteiger partial charge in [0, 0.05) is 0 Å². The van der Waals surface area contributed by atoms with E-state index in [2.05, 4.69) is 4.74 Å². The number of phenolic OH excluding ortho intramolecular Hbond substituents is 1. The minimum Gasteiger partial charge on any atom is -0.508 e. The maximum Gasteiger partial charge on any atom is 0.329 e. The van der Waals surface area contributed by atoms with Gasteiger partial charge in [-0.1, -0.05) is 29.8 Å². The number of hydrogen-bond donors (Lipinski definition) is 1. The van der Waals surface area contributed by atoms with Crippen molar-refractivity contribution in [1.29, 1.82) is 0 Å². The summed E-state index contributed by atoms with van der Waals surface area (Å²) in [7, 11) is -3.85. The molecule has 2 aromatic rings. The number of carbonyl (C=O) groups excluding carboxylic acids is 2. The van der Waals surface area contributed by atoms with Crippen LogP contribution in [0.2, 0.25) is 0 Å². The molecule has 0 bridgehead atoms. The first-order valence-corrected chi connectivity index (χ1v) is 9.22. The second-order valence-electron chi connectivity index (χ2n) is 5.59. The monoisotopic (exact) mass is 362 g/mol. The number of hydrogen-bond acceptors (Lipinski definition) is 6. The molecule has 0 saturated heterocycles. The average molecular weight is 362 g/mol. The lowest BCUT2D eigenvalue weighted by Gasteiger charge is -2.06. The molecule has 0 aromatic heterocycles. The van der Waals surface area contributed by atoms with Gasteiger partial charge >= 0.3 is 11.9 Å². The summed E-state index contributed by atoms with van der Waals surface area (Å²) in [5.74, 6) is -2.74. The predicted molar refractivity (Wildman–Crippen MR) is 90.8 cm³/mol. The van der Waals surface area contributed by atoms with Crippen molar-refractivity contribution in [2.45, 2.75) is 24.7 Å². The summed E-state index contributed by atoms with van der Waals surface area (Å²) in [6, 6.07) is 12.4. The standard InChI is InChI=1S/C18H18O6S/c1-13-5-8-16(9-6-13)25(22,23)12-18(21)24-17(20)10-7-14-3-2-4-15(19)11-14/h2-6,8-9,11,19H,7,10,12H2,1H3. The Morgan fingerprint density at radius 1 is 1.04 bits per heavy atom. The van der Waals surface area contributed by atoms with Crippen molar-refractivity contribution in [3.63, 3.8) is 0 Å². The van der Waals surface area contributed by atoms with Crippen molar-refractivity contribution >= 4 is 21.8 Å². The minimum atomic E-state index is -3.85. The minimum absolute atomic E-state index is 0.00209. The number of aryl methyl sites for hydroxylation is 2. The molecular formula is C18H18O6S. The Bertz CT molecular complexity index is 869. The van der Waals surface area contributed by atoms with Crippen LogP contribution in [0.15, 0.2) is 53.4 Å². The van der Waals surface area contributed by atoms with E-state index in [0.29, 0.717) is 5.56 Å². The van der Waals surface area contributed by atoms with Crippen LogP contribution in [0.1, 0.15) is 17.5 Å².